The molecule has 0 aromatic carbocycles. The molecule has 0 spiro atoms. The predicted octanol–water partition coefficient (Wildman–Crippen LogP) is -0.719. The summed E-state index contributed by atoms with van der Waals surface area (Å²) in [5.74, 6) is 0.0261. The average Bonchev–Trinajstić information content (AvgIpc) is 2.80. The Bertz CT molecular complexity index is 488. The van der Waals surface area contributed by atoms with E-state index in [9.17, 15) is 13.2 Å². The number of piperidine rings is 1. The monoisotopic (exact) mass is 319 g/mol. The zero-order valence-corrected chi connectivity index (χ0v) is 13.5. The Hall–Kier alpha value is -0.700. The maximum absolute atomic E-state index is 12.4. The molecule has 8 heteroatoms. The third kappa shape index (κ3) is 3.39. The first-order valence-electron chi connectivity index (χ1n) is 7.41. The first-order chi connectivity index (χ1) is 9.79. The largest absolute Gasteiger partial charge is 0.379 e. The third-order valence-corrected chi connectivity index (χ3v) is 6.47. The maximum atomic E-state index is 12.4. The number of carbonyl (C=O) groups is 1. The lowest BCUT2D eigenvalue weighted by molar-refractivity contribution is -0.131. The van der Waals surface area contributed by atoms with E-state index in [0.29, 0.717) is 39.1 Å². The second kappa shape index (κ2) is 6.20. The third-order valence-electron chi connectivity index (χ3n) is 4.58. The number of hydrogen-bond donors (Lipinski definition) is 2. The highest BCUT2D eigenvalue weighted by Gasteiger charge is 2.45. The van der Waals surface area contributed by atoms with Gasteiger partial charge in [0.1, 0.15) is 0 Å². The number of nitrogens with zero attached hydrogens (tertiary/aromatic N) is 1. The molecule has 0 bridgehead atoms. The number of carbonyl (C=O) groups excluding carboxylic acids is 1. The number of hydrogen-bond acceptors (Lipinski definition) is 5. The molecule has 2 aliphatic rings. The van der Waals surface area contributed by atoms with Crippen molar-refractivity contribution >= 4 is 15.9 Å². The molecule has 21 heavy (non-hydrogen) atoms. The summed E-state index contributed by atoms with van der Waals surface area (Å²) in [5, 5.41) is 3.00. The minimum Gasteiger partial charge on any atom is -0.379 e. The molecule has 122 valence electrons. The van der Waals surface area contributed by atoms with E-state index in [-0.39, 0.29) is 23.7 Å². The fourth-order valence-corrected chi connectivity index (χ4v) is 3.87. The second-order valence-corrected chi connectivity index (χ2v) is 8.34. The molecule has 2 heterocycles. The summed E-state index contributed by atoms with van der Waals surface area (Å²) < 4.78 is 30.4. The van der Waals surface area contributed by atoms with E-state index in [1.54, 1.807) is 6.92 Å². The van der Waals surface area contributed by atoms with Crippen molar-refractivity contribution in [3.05, 3.63) is 0 Å². The highest BCUT2D eigenvalue weighted by molar-refractivity contribution is 7.89. The van der Waals surface area contributed by atoms with E-state index in [0.717, 1.165) is 0 Å². The predicted molar refractivity (Wildman–Crippen MR) is 79.1 cm³/mol. The van der Waals surface area contributed by atoms with Crippen LogP contribution in [0.3, 0.4) is 0 Å². The molecule has 3 N–H and O–H groups in total. The first kappa shape index (κ1) is 16.7. The minimum atomic E-state index is -3.13. The SMILES string of the molecule is CCS(=O)(=O)N1CCC(NC(=O)C2(C)COCC2N)CC1. The van der Waals surface area contributed by atoms with E-state index in [1.165, 1.54) is 4.31 Å². The molecular formula is C13H25N3O4S. The number of sulfonamides is 1. The Labute approximate surface area is 126 Å². The highest BCUT2D eigenvalue weighted by atomic mass is 32.2. The van der Waals surface area contributed by atoms with Crippen molar-refractivity contribution in [1.82, 2.24) is 9.62 Å². The van der Waals surface area contributed by atoms with Crippen molar-refractivity contribution in [1.29, 1.82) is 0 Å². The average molecular weight is 319 g/mol. The molecule has 0 aromatic rings. The smallest absolute Gasteiger partial charge is 0.230 e. The van der Waals surface area contributed by atoms with Crippen molar-refractivity contribution in [2.24, 2.45) is 11.1 Å². The van der Waals surface area contributed by atoms with Crippen LogP contribution in [0.2, 0.25) is 0 Å². The van der Waals surface area contributed by atoms with Crippen molar-refractivity contribution < 1.29 is 17.9 Å². The van der Waals surface area contributed by atoms with Crippen molar-refractivity contribution in [2.75, 3.05) is 32.1 Å². The normalized spacial score (nSPS) is 32.2. The van der Waals surface area contributed by atoms with Gasteiger partial charge in [-0.25, -0.2) is 12.7 Å². The van der Waals surface area contributed by atoms with Gasteiger partial charge in [0.15, 0.2) is 0 Å². The van der Waals surface area contributed by atoms with Crippen LogP contribution in [0.15, 0.2) is 0 Å². The Morgan fingerprint density at radius 2 is 2.05 bits per heavy atom. The van der Waals surface area contributed by atoms with Gasteiger partial charge < -0.3 is 15.8 Å². The van der Waals surface area contributed by atoms with E-state index < -0.39 is 15.4 Å². The number of nitrogens with one attached hydrogen (secondary N) is 1. The van der Waals surface area contributed by atoms with Gasteiger partial charge in [-0.15, -0.1) is 0 Å². The van der Waals surface area contributed by atoms with E-state index in [2.05, 4.69) is 5.32 Å². The van der Waals surface area contributed by atoms with Crippen LogP contribution in [0.25, 0.3) is 0 Å². The summed E-state index contributed by atoms with van der Waals surface area (Å²) in [4.78, 5) is 12.4. The Morgan fingerprint density at radius 1 is 1.43 bits per heavy atom. The highest BCUT2D eigenvalue weighted by Crippen LogP contribution is 2.28. The summed E-state index contributed by atoms with van der Waals surface area (Å²) in [5.41, 5.74) is 5.26. The lowest BCUT2D eigenvalue weighted by atomic mass is 9.84. The Balaban J connectivity index is 1.88. The molecule has 2 rings (SSSR count). The lowest BCUT2D eigenvalue weighted by Gasteiger charge is -2.34. The van der Waals surface area contributed by atoms with Crippen LogP contribution < -0.4 is 11.1 Å². The fourth-order valence-electron chi connectivity index (χ4n) is 2.73. The number of rotatable bonds is 4. The molecule has 7 nitrogen and oxygen atoms in total. The van der Waals surface area contributed by atoms with Crippen LogP contribution in [0.1, 0.15) is 26.7 Å². The molecule has 2 fully saturated rings. The minimum absolute atomic E-state index is 0.00503. The van der Waals surface area contributed by atoms with E-state index in [1.807, 2.05) is 6.92 Å². The maximum Gasteiger partial charge on any atom is 0.230 e. The summed E-state index contributed by atoms with van der Waals surface area (Å²) in [7, 11) is -3.13. The van der Waals surface area contributed by atoms with Crippen LogP contribution in [-0.4, -0.2) is 62.8 Å². The van der Waals surface area contributed by atoms with E-state index >= 15 is 0 Å². The number of nitrogens with two attached hydrogens (primary N) is 1. The topological polar surface area (TPSA) is 102 Å². The van der Waals surface area contributed by atoms with Gasteiger partial charge in [0.2, 0.25) is 15.9 Å². The van der Waals surface area contributed by atoms with E-state index in [4.69, 9.17) is 10.5 Å². The van der Waals surface area contributed by atoms with Gasteiger partial charge in [-0.05, 0) is 26.7 Å². The van der Waals surface area contributed by atoms with Gasteiger partial charge in [-0.1, -0.05) is 0 Å². The van der Waals surface area contributed by atoms with Crippen molar-refractivity contribution in [2.45, 2.75) is 38.8 Å². The molecule has 0 aliphatic carbocycles. The van der Waals surface area contributed by atoms with Gasteiger partial charge in [0.05, 0.1) is 24.4 Å². The van der Waals surface area contributed by atoms with Crippen LogP contribution in [0.5, 0.6) is 0 Å². The molecule has 2 atom stereocenters. The van der Waals surface area contributed by atoms with Gasteiger partial charge >= 0.3 is 0 Å². The summed E-state index contributed by atoms with van der Waals surface area (Å²) >= 11 is 0. The van der Waals surface area contributed by atoms with Gasteiger partial charge in [0, 0.05) is 25.2 Å². The molecular weight excluding hydrogens is 294 g/mol. The fraction of sp³-hybridized carbons (Fsp3) is 0.923. The van der Waals surface area contributed by atoms with Crippen LogP contribution in [-0.2, 0) is 19.6 Å². The van der Waals surface area contributed by atoms with Crippen molar-refractivity contribution in [3.63, 3.8) is 0 Å². The van der Waals surface area contributed by atoms with Gasteiger partial charge in [-0.3, -0.25) is 4.79 Å². The molecule has 1 amide bonds. The van der Waals surface area contributed by atoms with Crippen LogP contribution in [0, 0.1) is 5.41 Å². The number of ether oxygens (including phenoxy) is 1. The summed E-state index contributed by atoms with van der Waals surface area (Å²) in [6, 6.07) is -0.288. The van der Waals surface area contributed by atoms with Gasteiger partial charge in [-0.2, -0.15) is 0 Å². The summed E-state index contributed by atoms with van der Waals surface area (Å²) in [6.45, 7) is 5.11. The molecule has 2 aliphatic heterocycles. The first-order valence-corrected chi connectivity index (χ1v) is 9.02. The Morgan fingerprint density at radius 3 is 2.52 bits per heavy atom. The molecule has 0 saturated carbocycles. The summed E-state index contributed by atoms with van der Waals surface area (Å²) in [6.07, 6.45) is 1.27. The second-order valence-electron chi connectivity index (χ2n) is 6.09. The standard InChI is InChI=1S/C13H25N3O4S/c1-3-21(18,19)16-6-4-10(5-7-16)15-12(17)13(2)9-20-8-11(13)14/h10-11H,3-9,14H2,1-2H3,(H,15,17). The van der Waals surface area contributed by atoms with Crippen LogP contribution >= 0.6 is 0 Å². The quantitative estimate of drug-likeness (QED) is 0.712. The Kier molecular flexibility index (Phi) is 4.92. The van der Waals surface area contributed by atoms with Gasteiger partial charge in [0.25, 0.3) is 0 Å². The zero-order valence-electron chi connectivity index (χ0n) is 12.7. The zero-order chi connectivity index (χ0) is 15.7. The molecule has 0 radical (unpaired) electrons. The molecule has 0 aromatic heterocycles. The molecule has 2 saturated heterocycles. The number of amides is 1. The molecule has 2 unspecified atom stereocenters. The van der Waals surface area contributed by atoms with Crippen molar-refractivity contribution in [3.8, 4) is 0 Å². The van der Waals surface area contributed by atoms with Crippen LogP contribution in [0.4, 0.5) is 0 Å². The lowest BCUT2D eigenvalue weighted by Crippen LogP contribution is -2.54.